The van der Waals surface area contributed by atoms with Gasteiger partial charge in [0.25, 0.3) is 0 Å². The lowest BCUT2D eigenvalue weighted by Crippen LogP contribution is -2.47. The van der Waals surface area contributed by atoms with Gasteiger partial charge in [0.05, 0.1) is 19.3 Å². The molecule has 154 valence electrons. The van der Waals surface area contributed by atoms with Crippen molar-refractivity contribution in [1.82, 2.24) is 0 Å². The molecule has 1 saturated heterocycles. The Kier molecular flexibility index (Phi) is 6.72. The summed E-state index contributed by atoms with van der Waals surface area (Å²) in [5, 5.41) is 14.1. The number of aliphatic hydroxyl groups is 1. The zero-order chi connectivity index (χ0) is 20.8. The van der Waals surface area contributed by atoms with E-state index < -0.39 is 36.1 Å². The number of para-hydroxylation sites is 1. The lowest BCUT2D eigenvalue weighted by molar-refractivity contribution is -0.178. The van der Waals surface area contributed by atoms with Crippen molar-refractivity contribution >= 4 is 17.6 Å². The van der Waals surface area contributed by atoms with Gasteiger partial charge in [0.15, 0.2) is 0 Å². The number of nitrogens with one attached hydrogen (secondary N) is 1. The van der Waals surface area contributed by atoms with Crippen molar-refractivity contribution in [2.24, 2.45) is 5.92 Å². The fraction of sp³-hybridized carbons (Fsp3) is 0.364. The molecule has 0 amide bonds. The summed E-state index contributed by atoms with van der Waals surface area (Å²) in [4.78, 5) is 23.8. The maximum Gasteiger partial charge on any atom is 0.314 e. The predicted molar refractivity (Wildman–Crippen MR) is 106 cm³/mol. The SMILES string of the molecule is COc1ccc([C@H](Nc2ccccc2)[C@H]2C(=O)O[C@H](COC(C)=O)C[C@H]2O)cc1. The average Bonchev–Trinajstić information content (AvgIpc) is 2.72. The highest BCUT2D eigenvalue weighted by Gasteiger charge is 2.43. The summed E-state index contributed by atoms with van der Waals surface area (Å²) in [5.74, 6) is -1.12. The molecule has 2 aromatic rings. The number of methoxy groups -OCH3 is 1. The maximum atomic E-state index is 12.8. The molecule has 3 rings (SSSR count). The molecular weight excluding hydrogens is 374 g/mol. The Balaban J connectivity index is 1.84. The fourth-order valence-electron chi connectivity index (χ4n) is 3.44. The summed E-state index contributed by atoms with van der Waals surface area (Å²) in [5.41, 5.74) is 1.63. The molecule has 0 bridgehead atoms. The van der Waals surface area contributed by atoms with Crippen molar-refractivity contribution in [3.8, 4) is 5.75 Å². The highest BCUT2D eigenvalue weighted by molar-refractivity contribution is 5.76. The molecule has 2 aromatic carbocycles. The van der Waals surface area contributed by atoms with Crippen molar-refractivity contribution in [2.45, 2.75) is 31.6 Å². The Labute approximate surface area is 169 Å². The van der Waals surface area contributed by atoms with Gasteiger partial charge in [0, 0.05) is 19.0 Å². The largest absolute Gasteiger partial charge is 0.497 e. The summed E-state index contributed by atoms with van der Waals surface area (Å²) >= 11 is 0. The molecule has 7 heteroatoms. The number of aliphatic hydroxyl groups excluding tert-OH is 1. The van der Waals surface area contributed by atoms with E-state index in [0.717, 1.165) is 11.3 Å². The quantitative estimate of drug-likeness (QED) is 0.692. The average molecular weight is 399 g/mol. The number of rotatable bonds is 7. The third kappa shape index (κ3) is 5.26. The third-order valence-electron chi connectivity index (χ3n) is 4.88. The first kappa shape index (κ1) is 20.7. The van der Waals surface area contributed by atoms with Gasteiger partial charge < -0.3 is 24.6 Å². The van der Waals surface area contributed by atoms with E-state index in [4.69, 9.17) is 14.2 Å². The van der Waals surface area contributed by atoms with Crippen molar-refractivity contribution < 1.29 is 28.9 Å². The molecule has 2 N–H and O–H groups in total. The molecule has 29 heavy (non-hydrogen) atoms. The van der Waals surface area contributed by atoms with E-state index in [2.05, 4.69) is 5.32 Å². The highest BCUT2D eigenvalue weighted by Crippen LogP contribution is 2.35. The van der Waals surface area contributed by atoms with Gasteiger partial charge >= 0.3 is 11.9 Å². The molecule has 1 heterocycles. The van der Waals surface area contributed by atoms with Crippen molar-refractivity contribution in [1.29, 1.82) is 0 Å². The lowest BCUT2D eigenvalue weighted by Gasteiger charge is -2.37. The van der Waals surface area contributed by atoms with Gasteiger partial charge in [-0.15, -0.1) is 0 Å². The van der Waals surface area contributed by atoms with E-state index >= 15 is 0 Å². The molecule has 0 saturated carbocycles. The Morgan fingerprint density at radius 1 is 1.21 bits per heavy atom. The molecular formula is C22H25NO6. The van der Waals surface area contributed by atoms with E-state index in [0.29, 0.717) is 5.75 Å². The summed E-state index contributed by atoms with van der Waals surface area (Å²) in [7, 11) is 1.58. The number of esters is 2. The van der Waals surface area contributed by atoms with Crippen LogP contribution in [0.4, 0.5) is 5.69 Å². The molecule has 0 aliphatic carbocycles. The van der Waals surface area contributed by atoms with Gasteiger partial charge in [0.2, 0.25) is 0 Å². The molecule has 4 atom stereocenters. The minimum Gasteiger partial charge on any atom is -0.497 e. The van der Waals surface area contributed by atoms with Crippen LogP contribution < -0.4 is 10.1 Å². The molecule has 1 aliphatic rings. The Morgan fingerprint density at radius 3 is 2.48 bits per heavy atom. The van der Waals surface area contributed by atoms with Crippen LogP contribution in [0.25, 0.3) is 0 Å². The molecule has 7 nitrogen and oxygen atoms in total. The van der Waals surface area contributed by atoms with Crippen molar-refractivity contribution in [3.05, 3.63) is 60.2 Å². The second kappa shape index (κ2) is 9.43. The molecule has 0 spiro atoms. The van der Waals surface area contributed by atoms with Crippen LogP contribution in [0.5, 0.6) is 5.75 Å². The number of benzene rings is 2. The summed E-state index contributed by atoms with van der Waals surface area (Å²) in [6.07, 6.45) is -1.43. The number of anilines is 1. The second-order valence-electron chi connectivity index (χ2n) is 6.95. The molecule has 0 aromatic heterocycles. The minimum atomic E-state index is -0.958. The van der Waals surface area contributed by atoms with Crippen molar-refractivity contribution in [3.63, 3.8) is 0 Å². The van der Waals surface area contributed by atoms with E-state index in [1.54, 1.807) is 19.2 Å². The smallest absolute Gasteiger partial charge is 0.314 e. The summed E-state index contributed by atoms with van der Waals surface area (Å²) < 4.78 is 15.6. The molecule has 0 radical (unpaired) electrons. The summed E-state index contributed by atoms with van der Waals surface area (Å²) in [6.45, 7) is 1.22. The molecule has 1 fully saturated rings. The van der Waals surface area contributed by atoms with Gasteiger partial charge in [0.1, 0.15) is 24.4 Å². The first-order valence-corrected chi connectivity index (χ1v) is 9.45. The van der Waals surface area contributed by atoms with Crippen LogP contribution in [0.15, 0.2) is 54.6 Å². The number of cyclic esters (lactones) is 1. The normalized spacial score (nSPS) is 22.3. The van der Waals surface area contributed by atoms with Crippen LogP contribution in [0.1, 0.15) is 24.9 Å². The van der Waals surface area contributed by atoms with Gasteiger partial charge in [-0.25, -0.2) is 0 Å². The first-order valence-electron chi connectivity index (χ1n) is 9.45. The van der Waals surface area contributed by atoms with Crippen LogP contribution in [0, 0.1) is 5.92 Å². The maximum absolute atomic E-state index is 12.8. The topological polar surface area (TPSA) is 94.1 Å². The van der Waals surface area contributed by atoms with Crippen molar-refractivity contribution in [2.75, 3.05) is 19.0 Å². The van der Waals surface area contributed by atoms with Gasteiger partial charge in [-0.3, -0.25) is 9.59 Å². The highest BCUT2D eigenvalue weighted by atomic mass is 16.6. The first-order chi connectivity index (χ1) is 14.0. The number of hydrogen-bond donors (Lipinski definition) is 2. The van der Waals surface area contributed by atoms with E-state index in [1.807, 2.05) is 42.5 Å². The van der Waals surface area contributed by atoms with Crippen LogP contribution in [-0.4, -0.2) is 43.0 Å². The van der Waals surface area contributed by atoms with Gasteiger partial charge in [-0.1, -0.05) is 30.3 Å². The van der Waals surface area contributed by atoms with Crippen LogP contribution in [0.3, 0.4) is 0 Å². The van der Waals surface area contributed by atoms with Crippen LogP contribution in [0.2, 0.25) is 0 Å². The number of ether oxygens (including phenoxy) is 3. The van der Waals surface area contributed by atoms with E-state index in [-0.39, 0.29) is 13.0 Å². The number of hydrogen-bond acceptors (Lipinski definition) is 7. The number of carbonyl (C=O) groups is 2. The van der Waals surface area contributed by atoms with Crippen LogP contribution in [-0.2, 0) is 19.1 Å². The monoisotopic (exact) mass is 399 g/mol. The van der Waals surface area contributed by atoms with Gasteiger partial charge in [-0.2, -0.15) is 0 Å². The Morgan fingerprint density at radius 2 is 1.90 bits per heavy atom. The second-order valence-corrected chi connectivity index (χ2v) is 6.95. The molecule has 1 aliphatic heterocycles. The zero-order valence-electron chi connectivity index (χ0n) is 16.4. The number of carbonyl (C=O) groups excluding carboxylic acids is 2. The van der Waals surface area contributed by atoms with E-state index in [1.165, 1.54) is 6.92 Å². The molecule has 0 unspecified atom stereocenters. The summed E-state index contributed by atoms with van der Waals surface area (Å²) in [6, 6.07) is 16.3. The lowest BCUT2D eigenvalue weighted by atomic mass is 9.84. The fourth-order valence-corrected chi connectivity index (χ4v) is 3.44. The standard InChI is InChI=1S/C22H25NO6/c1-14(24)28-13-18-12-19(25)20(22(26)29-18)21(23-16-6-4-3-5-7-16)15-8-10-17(27-2)11-9-15/h3-11,18-21,23,25H,12-13H2,1-2H3/t18-,19+,20-,21-/m0/s1. The predicted octanol–water partition coefficient (Wildman–Crippen LogP) is 2.70. The Hall–Kier alpha value is -3.06. The Bertz CT molecular complexity index is 823. The van der Waals surface area contributed by atoms with Crippen LogP contribution >= 0.6 is 0 Å². The minimum absolute atomic E-state index is 0.0653. The van der Waals surface area contributed by atoms with E-state index in [9.17, 15) is 14.7 Å². The zero-order valence-corrected chi connectivity index (χ0v) is 16.4. The third-order valence-corrected chi connectivity index (χ3v) is 4.88. The van der Waals surface area contributed by atoms with Gasteiger partial charge in [-0.05, 0) is 29.8 Å².